The largest absolute Gasteiger partial charge is 0.493 e. The lowest BCUT2D eigenvalue weighted by Crippen LogP contribution is -2.17. The summed E-state index contributed by atoms with van der Waals surface area (Å²) >= 11 is 0. The Balaban J connectivity index is 1.48. The monoisotopic (exact) mass is 245 g/mol. The second kappa shape index (κ2) is 5.18. The molecule has 18 heavy (non-hydrogen) atoms. The molecular formula is C13H15N3O2. The Labute approximate surface area is 105 Å². The maximum absolute atomic E-state index is 5.49. The molecule has 3 rings (SSSR count). The number of ether oxygens (including phenoxy) is 1. The summed E-state index contributed by atoms with van der Waals surface area (Å²) in [7, 11) is 0. The fourth-order valence-corrected chi connectivity index (χ4v) is 2.10. The van der Waals surface area contributed by atoms with Crippen LogP contribution in [-0.2, 0) is 19.4 Å². The lowest BCUT2D eigenvalue weighted by molar-refractivity contribution is 0.357. The molecule has 0 bridgehead atoms. The molecule has 0 unspecified atom stereocenters. The molecule has 1 aliphatic heterocycles. The average molecular weight is 245 g/mol. The molecule has 0 radical (unpaired) electrons. The first kappa shape index (κ1) is 11.2. The topological polar surface area (TPSA) is 60.2 Å². The van der Waals surface area contributed by atoms with E-state index in [0.717, 1.165) is 31.7 Å². The normalized spacial score (nSPS) is 13.3. The number of nitrogens with zero attached hydrogens (tertiary/aromatic N) is 2. The van der Waals surface area contributed by atoms with Crippen LogP contribution in [0.25, 0.3) is 0 Å². The van der Waals surface area contributed by atoms with Gasteiger partial charge in [-0.2, -0.15) is 4.98 Å². The maximum atomic E-state index is 5.49. The van der Waals surface area contributed by atoms with Crippen LogP contribution in [0.15, 0.2) is 29.1 Å². The Morgan fingerprint density at radius 3 is 3.22 bits per heavy atom. The molecule has 2 aromatic rings. The van der Waals surface area contributed by atoms with Gasteiger partial charge in [0, 0.05) is 6.42 Å². The summed E-state index contributed by atoms with van der Waals surface area (Å²) < 4.78 is 10.2. The van der Waals surface area contributed by atoms with Gasteiger partial charge < -0.3 is 14.6 Å². The number of hydrogen-bond donors (Lipinski definition) is 1. The van der Waals surface area contributed by atoms with Crippen LogP contribution in [0, 0.1) is 0 Å². The Kier molecular flexibility index (Phi) is 3.23. The molecule has 0 saturated carbocycles. The minimum absolute atomic E-state index is 0.643. The third-order valence-corrected chi connectivity index (χ3v) is 3.03. The van der Waals surface area contributed by atoms with Crippen molar-refractivity contribution in [3.05, 3.63) is 41.5 Å². The van der Waals surface area contributed by atoms with Crippen LogP contribution < -0.4 is 10.1 Å². The molecule has 94 valence electrons. The highest BCUT2D eigenvalue weighted by Crippen LogP contribution is 2.25. The second-order valence-electron chi connectivity index (χ2n) is 4.31. The number of hydrogen-bond acceptors (Lipinski definition) is 5. The zero-order valence-electron chi connectivity index (χ0n) is 10.1. The van der Waals surface area contributed by atoms with E-state index in [-0.39, 0.29) is 0 Å². The van der Waals surface area contributed by atoms with E-state index in [1.165, 1.54) is 17.5 Å². The van der Waals surface area contributed by atoms with Crippen molar-refractivity contribution >= 4 is 0 Å². The van der Waals surface area contributed by atoms with E-state index >= 15 is 0 Å². The van der Waals surface area contributed by atoms with Gasteiger partial charge in [0.15, 0.2) is 5.82 Å². The number of rotatable bonds is 5. The molecule has 0 fully saturated rings. The third-order valence-electron chi connectivity index (χ3n) is 3.03. The van der Waals surface area contributed by atoms with E-state index in [2.05, 4.69) is 38.2 Å². The van der Waals surface area contributed by atoms with Crippen molar-refractivity contribution in [2.24, 2.45) is 0 Å². The standard InChI is InChI=1S/C13H15N3O2/c1-2-12-11(4-6-17-12)7-10(1)3-5-14-8-13-15-9-18-16-13/h1-2,7,9,14H,3-6,8H2. The number of aromatic nitrogens is 2. The summed E-state index contributed by atoms with van der Waals surface area (Å²) in [6.45, 7) is 2.35. The van der Waals surface area contributed by atoms with E-state index in [1.54, 1.807) is 0 Å². The molecule has 0 spiro atoms. The lowest BCUT2D eigenvalue weighted by atomic mass is 10.1. The van der Waals surface area contributed by atoms with Gasteiger partial charge in [-0.05, 0) is 30.2 Å². The molecule has 0 atom stereocenters. The molecule has 5 heteroatoms. The van der Waals surface area contributed by atoms with E-state index in [0.29, 0.717) is 12.4 Å². The summed E-state index contributed by atoms with van der Waals surface area (Å²) in [6, 6.07) is 6.43. The predicted molar refractivity (Wildman–Crippen MR) is 65.3 cm³/mol. The highest BCUT2D eigenvalue weighted by atomic mass is 16.5. The van der Waals surface area contributed by atoms with Gasteiger partial charge in [-0.3, -0.25) is 0 Å². The van der Waals surface area contributed by atoms with Gasteiger partial charge in [0.1, 0.15) is 5.75 Å². The van der Waals surface area contributed by atoms with E-state index < -0.39 is 0 Å². The van der Waals surface area contributed by atoms with Gasteiger partial charge in [-0.15, -0.1) is 0 Å². The summed E-state index contributed by atoms with van der Waals surface area (Å²) in [5.74, 6) is 1.73. The van der Waals surface area contributed by atoms with E-state index in [1.807, 2.05) is 0 Å². The summed E-state index contributed by atoms with van der Waals surface area (Å²) in [5.41, 5.74) is 2.66. The zero-order valence-corrected chi connectivity index (χ0v) is 10.1. The van der Waals surface area contributed by atoms with Crippen LogP contribution in [-0.4, -0.2) is 23.3 Å². The molecule has 1 aliphatic rings. The maximum Gasteiger partial charge on any atom is 0.213 e. The highest BCUT2D eigenvalue weighted by molar-refractivity contribution is 5.39. The van der Waals surface area contributed by atoms with Crippen molar-refractivity contribution in [2.45, 2.75) is 19.4 Å². The summed E-state index contributed by atoms with van der Waals surface area (Å²) in [5, 5.41) is 7.03. The Hall–Kier alpha value is -1.88. The average Bonchev–Trinajstić information content (AvgIpc) is 3.05. The molecule has 0 aliphatic carbocycles. The van der Waals surface area contributed by atoms with Gasteiger partial charge in [0.05, 0.1) is 13.2 Å². The fraction of sp³-hybridized carbons (Fsp3) is 0.385. The van der Waals surface area contributed by atoms with Crippen molar-refractivity contribution in [3.63, 3.8) is 0 Å². The molecule has 1 N–H and O–H groups in total. The first-order chi connectivity index (χ1) is 8.92. The van der Waals surface area contributed by atoms with Gasteiger partial charge >= 0.3 is 0 Å². The Morgan fingerprint density at radius 2 is 2.33 bits per heavy atom. The molecule has 2 heterocycles. The van der Waals surface area contributed by atoms with Crippen LogP contribution >= 0.6 is 0 Å². The summed E-state index contributed by atoms with van der Waals surface area (Å²) in [6.07, 6.45) is 3.36. The van der Waals surface area contributed by atoms with Gasteiger partial charge in [-0.25, -0.2) is 0 Å². The van der Waals surface area contributed by atoms with Crippen molar-refractivity contribution in [1.82, 2.24) is 15.5 Å². The molecular weight excluding hydrogens is 230 g/mol. The van der Waals surface area contributed by atoms with Gasteiger partial charge in [0.25, 0.3) is 0 Å². The molecule has 1 aromatic carbocycles. The smallest absolute Gasteiger partial charge is 0.213 e. The summed E-state index contributed by atoms with van der Waals surface area (Å²) in [4.78, 5) is 3.95. The van der Waals surface area contributed by atoms with Gasteiger partial charge in [-0.1, -0.05) is 17.3 Å². The molecule has 0 saturated heterocycles. The Bertz CT molecular complexity index is 511. The van der Waals surface area contributed by atoms with Crippen molar-refractivity contribution in [2.75, 3.05) is 13.2 Å². The van der Waals surface area contributed by atoms with Crippen LogP contribution in [0.1, 0.15) is 17.0 Å². The predicted octanol–water partition coefficient (Wildman–Crippen LogP) is 1.34. The zero-order chi connectivity index (χ0) is 12.2. The molecule has 0 amide bonds. The van der Waals surface area contributed by atoms with E-state index in [9.17, 15) is 0 Å². The van der Waals surface area contributed by atoms with Crippen molar-refractivity contribution < 1.29 is 9.26 Å². The molecule has 5 nitrogen and oxygen atoms in total. The Morgan fingerprint density at radius 1 is 1.33 bits per heavy atom. The van der Waals surface area contributed by atoms with Crippen molar-refractivity contribution in [1.29, 1.82) is 0 Å². The lowest BCUT2D eigenvalue weighted by Gasteiger charge is -2.04. The number of fused-ring (bicyclic) bond motifs is 1. The second-order valence-corrected chi connectivity index (χ2v) is 4.31. The third kappa shape index (κ3) is 2.51. The molecule has 1 aromatic heterocycles. The van der Waals surface area contributed by atoms with Crippen LogP contribution in [0.3, 0.4) is 0 Å². The van der Waals surface area contributed by atoms with Crippen molar-refractivity contribution in [3.8, 4) is 5.75 Å². The van der Waals surface area contributed by atoms with E-state index in [4.69, 9.17) is 4.74 Å². The van der Waals surface area contributed by atoms with Crippen LogP contribution in [0.4, 0.5) is 0 Å². The quantitative estimate of drug-likeness (QED) is 0.805. The van der Waals surface area contributed by atoms with Crippen LogP contribution in [0.2, 0.25) is 0 Å². The number of nitrogens with one attached hydrogen (secondary N) is 1. The highest BCUT2D eigenvalue weighted by Gasteiger charge is 2.11. The first-order valence-corrected chi connectivity index (χ1v) is 6.12. The van der Waals surface area contributed by atoms with Gasteiger partial charge in [0.2, 0.25) is 6.39 Å². The first-order valence-electron chi connectivity index (χ1n) is 6.12. The fourth-order valence-electron chi connectivity index (χ4n) is 2.10. The minimum atomic E-state index is 0.643. The van der Waals surface area contributed by atoms with Crippen LogP contribution in [0.5, 0.6) is 5.75 Å². The minimum Gasteiger partial charge on any atom is -0.493 e. The SMILES string of the molecule is c1nc(CNCCc2ccc3c(c2)CCO3)no1. The number of benzene rings is 1.